The van der Waals surface area contributed by atoms with Gasteiger partial charge in [-0.05, 0) is 42.2 Å². The van der Waals surface area contributed by atoms with Crippen molar-refractivity contribution in [1.29, 1.82) is 0 Å². The number of nitrogens with zero attached hydrogens (tertiary/aromatic N) is 3. The van der Waals surface area contributed by atoms with Gasteiger partial charge >= 0.3 is 0 Å². The number of anilines is 1. The van der Waals surface area contributed by atoms with Crippen molar-refractivity contribution in [3.8, 4) is 11.1 Å². The van der Waals surface area contributed by atoms with Crippen LogP contribution in [0.4, 0.5) is 5.82 Å². The van der Waals surface area contributed by atoms with Crippen molar-refractivity contribution >= 4 is 17.6 Å². The summed E-state index contributed by atoms with van der Waals surface area (Å²) in [4.78, 5) is 31.9. The van der Waals surface area contributed by atoms with Crippen LogP contribution in [0, 0.1) is 12.8 Å². The van der Waals surface area contributed by atoms with Gasteiger partial charge in [0, 0.05) is 37.5 Å². The maximum absolute atomic E-state index is 12.7. The summed E-state index contributed by atoms with van der Waals surface area (Å²) in [5, 5.41) is 0. The maximum Gasteiger partial charge on any atom is 0.254 e. The number of nitrogen functional groups attached to an aromatic ring is 1. The largest absolute Gasteiger partial charge is 0.383 e. The first kappa shape index (κ1) is 20.8. The van der Waals surface area contributed by atoms with Gasteiger partial charge in [0.1, 0.15) is 12.4 Å². The maximum atomic E-state index is 12.7. The Bertz CT molecular complexity index is 892. The van der Waals surface area contributed by atoms with Crippen LogP contribution in [0.5, 0.6) is 0 Å². The van der Waals surface area contributed by atoms with E-state index in [0.717, 1.165) is 22.6 Å². The van der Waals surface area contributed by atoms with Gasteiger partial charge in [-0.15, -0.1) is 0 Å². The second-order valence-electron chi connectivity index (χ2n) is 8.09. The summed E-state index contributed by atoms with van der Waals surface area (Å²) in [6, 6.07) is 9.32. The number of hydrogen-bond donors (Lipinski definition) is 1. The molecule has 2 amide bonds. The summed E-state index contributed by atoms with van der Waals surface area (Å²) in [5.74, 6) is 1.40. The zero-order chi connectivity index (χ0) is 21.0. The van der Waals surface area contributed by atoms with Gasteiger partial charge in [0.2, 0.25) is 5.91 Å². The number of likely N-dealkylation sites (N-methyl/N-ethyl adjacent to an activating group) is 1. The smallest absolute Gasteiger partial charge is 0.254 e. The molecule has 6 nitrogen and oxygen atoms in total. The standard InChI is InChI=1S/C18H20N4O2.C5H10/c1-12-8-15(10-20-17(12)19)13-4-3-5-14(9-13)18(24)22-7-6-21(2)16(23)11-22;1-5-3-2-4-5/h3-5,8-10H,6-7,11H2,1-2H3,(H2,19,20);5H,2-4H2,1H3. The Morgan fingerprint density at radius 3 is 2.48 bits per heavy atom. The Morgan fingerprint density at radius 2 is 1.90 bits per heavy atom. The molecule has 1 aromatic carbocycles. The van der Waals surface area contributed by atoms with Crippen LogP contribution in [0.3, 0.4) is 0 Å². The number of nitrogens with two attached hydrogens (primary N) is 1. The Labute approximate surface area is 172 Å². The molecule has 2 aromatic rings. The van der Waals surface area contributed by atoms with Gasteiger partial charge in [0.25, 0.3) is 5.91 Å². The van der Waals surface area contributed by atoms with Crippen LogP contribution in [-0.4, -0.2) is 53.3 Å². The zero-order valence-electron chi connectivity index (χ0n) is 17.5. The van der Waals surface area contributed by atoms with Crippen LogP contribution >= 0.6 is 0 Å². The lowest BCUT2D eigenvalue weighted by molar-refractivity contribution is -0.133. The summed E-state index contributed by atoms with van der Waals surface area (Å²) in [5.41, 5.74) is 9.03. The first-order valence-corrected chi connectivity index (χ1v) is 10.2. The summed E-state index contributed by atoms with van der Waals surface area (Å²) < 4.78 is 0. The fourth-order valence-electron chi connectivity index (χ4n) is 3.30. The highest BCUT2D eigenvalue weighted by atomic mass is 16.2. The van der Waals surface area contributed by atoms with Gasteiger partial charge < -0.3 is 15.5 Å². The SMILES string of the molecule is CC1CCC1.Cc1cc(-c2cccc(C(=O)N3CCN(C)C(=O)C3)c2)cnc1N. The Morgan fingerprint density at radius 1 is 1.17 bits per heavy atom. The molecule has 1 aliphatic heterocycles. The lowest BCUT2D eigenvalue weighted by Gasteiger charge is -2.32. The number of carbonyl (C=O) groups excluding carboxylic acids is 2. The fraction of sp³-hybridized carbons (Fsp3) is 0.435. The minimum Gasteiger partial charge on any atom is -0.383 e. The molecule has 2 aliphatic rings. The number of benzene rings is 1. The average Bonchev–Trinajstić information content (AvgIpc) is 2.70. The minimum atomic E-state index is -0.126. The molecular formula is C23H30N4O2. The monoisotopic (exact) mass is 394 g/mol. The van der Waals surface area contributed by atoms with E-state index in [1.165, 1.54) is 19.3 Å². The van der Waals surface area contributed by atoms with Crippen LogP contribution in [0.15, 0.2) is 36.5 Å². The summed E-state index contributed by atoms with van der Waals surface area (Å²) in [6.45, 7) is 5.45. The van der Waals surface area contributed by atoms with Crippen LogP contribution < -0.4 is 5.73 Å². The highest BCUT2D eigenvalue weighted by molar-refractivity contribution is 5.98. The normalized spacial score (nSPS) is 16.7. The van der Waals surface area contributed by atoms with Crippen molar-refractivity contribution in [1.82, 2.24) is 14.8 Å². The highest BCUT2D eigenvalue weighted by Gasteiger charge is 2.25. The molecule has 0 atom stereocenters. The van der Waals surface area contributed by atoms with E-state index < -0.39 is 0 Å². The van der Waals surface area contributed by atoms with Crippen LogP contribution in [0.25, 0.3) is 11.1 Å². The van der Waals surface area contributed by atoms with Crippen molar-refractivity contribution in [2.24, 2.45) is 5.92 Å². The topological polar surface area (TPSA) is 79.5 Å². The zero-order valence-corrected chi connectivity index (χ0v) is 17.5. The number of rotatable bonds is 2. The van der Waals surface area contributed by atoms with Gasteiger partial charge in [-0.25, -0.2) is 4.98 Å². The number of carbonyl (C=O) groups is 2. The van der Waals surface area contributed by atoms with Crippen molar-refractivity contribution in [3.05, 3.63) is 47.7 Å². The molecule has 1 saturated carbocycles. The van der Waals surface area contributed by atoms with E-state index in [-0.39, 0.29) is 18.4 Å². The second-order valence-corrected chi connectivity index (χ2v) is 8.09. The fourth-order valence-corrected chi connectivity index (χ4v) is 3.30. The number of hydrogen-bond acceptors (Lipinski definition) is 4. The molecular weight excluding hydrogens is 364 g/mol. The third-order valence-electron chi connectivity index (χ3n) is 5.70. The van der Waals surface area contributed by atoms with Gasteiger partial charge in [0.05, 0.1) is 0 Å². The lowest BCUT2D eigenvalue weighted by atomic mass is 9.88. The Hall–Kier alpha value is -2.89. The van der Waals surface area contributed by atoms with E-state index in [0.29, 0.717) is 24.5 Å². The summed E-state index contributed by atoms with van der Waals surface area (Å²) in [7, 11) is 1.75. The molecule has 154 valence electrons. The van der Waals surface area contributed by atoms with Crippen molar-refractivity contribution < 1.29 is 9.59 Å². The molecule has 29 heavy (non-hydrogen) atoms. The number of aromatic nitrogens is 1. The van der Waals surface area contributed by atoms with Crippen LogP contribution in [-0.2, 0) is 4.79 Å². The molecule has 1 aliphatic carbocycles. The van der Waals surface area contributed by atoms with E-state index >= 15 is 0 Å². The molecule has 1 saturated heterocycles. The number of aryl methyl sites for hydroxylation is 1. The lowest BCUT2D eigenvalue weighted by Crippen LogP contribution is -2.50. The first-order chi connectivity index (χ1) is 13.8. The molecule has 0 unspecified atom stereocenters. The van der Waals surface area contributed by atoms with E-state index in [2.05, 4.69) is 11.9 Å². The summed E-state index contributed by atoms with van der Waals surface area (Å²) >= 11 is 0. The molecule has 0 spiro atoms. The molecule has 0 radical (unpaired) electrons. The van der Waals surface area contributed by atoms with Crippen LogP contribution in [0.2, 0.25) is 0 Å². The predicted octanol–water partition coefficient (Wildman–Crippen LogP) is 3.36. The van der Waals surface area contributed by atoms with Gasteiger partial charge in [-0.2, -0.15) is 0 Å². The minimum absolute atomic E-state index is 0.0379. The number of pyridine rings is 1. The van der Waals surface area contributed by atoms with Crippen molar-refractivity contribution in [2.75, 3.05) is 32.4 Å². The molecule has 2 fully saturated rings. The quantitative estimate of drug-likeness (QED) is 0.847. The Balaban J connectivity index is 0.000000419. The van der Waals surface area contributed by atoms with Gasteiger partial charge in [-0.3, -0.25) is 9.59 Å². The van der Waals surface area contributed by atoms with Crippen LogP contribution in [0.1, 0.15) is 42.1 Å². The van der Waals surface area contributed by atoms with Gasteiger partial charge in [-0.1, -0.05) is 38.3 Å². The van der Waals surface area contributed by atoms with E-state index in [1.807, 2.05) is 31.2 Å². The van der Waals surface area contributed by atoms with Gasteiger partial charge in [0.15, 0.2) is 0 Å². The number of piperazine rings is 1. The third kappa shape index (κ3) is 5.13. The van der Waals surface area contributed by atoms with E-state index in [4.69, 9.17) is 5.73 Å². The van der Waals surface area contributed by atoms with Crippen molar-refractivity contribution in [3.63, 3.8) is 0 Å². The highest BCUT2D eigenvalue weighted by Crippen LogP contribution is 2.24. The molecule has 4 rings (SSSR count). The first-order valence-electron chi connectivity index (χ1n) is 10.2. The molecule has 1 aromatic heterocycles. The van der Waals surface area contributed by atoms with Crippen molar-refractivity contribution in [2.45, 2.75) is 33.1 Å². The molecule has 2 N–H and O–H groups in total. The van der Waals surface area contributed by atoms with E-state index in [9.17, 15) is 9.59 Å². The molecule has 6 heteroatoms. The predicted molar refractivity (Wildman–Crippen MR) is 115 cm³/mol. The second kappa shape index (κ2) is 9.07. The van der Waals surface area contributed by atoms with E-state index in [1.54, 1.807) is 29.1 Å². The summed E-state index contributed by atoms with van der Waals surface area (Å²) in [6.07, 6.45) is 6.16. The Kier molecular flexibility index (Phi) is 6.52. The number of amides is 2. The molecule has 0 bridgehead atoms. The third-order valence-corrected chi connectivity index (χ3v) is 5.70. The molecule has 2 heterocycles. The average molecular weight is 395 g/mol.